The summed E-state index contributed by atoms with van der Waals surface area (Å²) in [4.78, 5) is 0.233. The lowest BCUT2D eigenvalue weighted by atomic mass is 10.3. The Balaban J connectivity index is 3.08. The normalized spacial score (nSPS) is 10.3. The van der Waals surface area contributed by atoms with Gasteiger partial charge in [0.1, 0.15) is 0 Å². The van der Waals surface area contributed by atoms with Gasteiger partial charge in [0.15, 0.2) is 22.2 Å². The number of benzene rings is 1. The van der Waals surface area contributed by atoms with Gasteiger partial charge in [-0.2, -0.15) is 0 Å². The van der Waals surface area contributed by atoms with Gasteiger partial charge in [-0.1, -0.05) is 0 Å². The molecule has 0 atom stereocenters. The van der Waals surface area contributed by atoms with E-state index in [0.29, 0.717) is 24.7 Å². The van der Waals surface area contributed by atoms with Crippen LogP contribution in [0.5, 0.6) is 11.5 Å². The molecule has 0 heterocycles. The maximum Gasteiger partial charge on any atom is 0.168 e. The van der Waals surface area contributed by atoms with E-state index in [1.165, 1.54) is 12.1 Å². The maximum atomic E-state index is 10.8. The molecule has 0 N–H and O–H groups in total. The molecule has 15 heavy (non-hydrogen) atoms. The molecular weight excluding hydrogens is 216 g/mol. The van der Waals surface area contributed by atoms with Crippen molar-refractivity contribution in [3.63, 3.8) is 0 Å². The van der Waals surface area contributed by atoms with E-state index in [4.69, 9.17) is 9.47 Å². The van der Waals surface area contributed by atoms with E-state index >= 15 is 0 Å². The minimum absolute atomic E-state index is 0.233. The van der Waals surface area contributed by atoms with Gasteiger partial charge in [0, 0.05) is 6.07 Å². The van der Waals surface area contributed by atoms with Crippen molar-refractivity contribution >= 4 is 10.7 Å². The van der Waals surface area contributed by atoms with Crippen LogP contribution in [0.4, 0.5) is 0 Å². The predicted molar refractivity (Wildman–Crippen MR) is 57.4 cm³/mol. The Bertz CT molecular complexity index is 390. The number of thiol groups is 1. The molecule has 1 aromatic carbocycles. The third-order valence-electron chi connectivity index (χ3n) is 1.74. The third-order valence-corrected chi connectivity index (χ3v) is 2.44. The molecule has 0 saturated heterocycles. The van der Waals surface area contributed by atoms with Crippen molar-refractivity contribution in [2.24, 2.45) is 0 Å². The highest BCUT2D eigenvalue weighted by molar-refractivity contribution is 7.72. The lowest BCUT2D eigenvalue weighted by Crippen LogP contribution is -1.98. The van der Waals surface area contributed by atoms with Crippen molar-refractivity contribution in [3.8, 4) is 11.5 Å². The van der Waals surface area contributed by atoms with E-state index in [9.17, 15) is 8.42 Å². The zero-order chi connectivity index (χ0) is 11.3. The van der Waals surface area contributed by atoms with Gasteiger partial charge in [-0.3, -0.25) is 0 Å². The summed E-state index contributed by atoms with van der Waals surface area (Å²) in [6, 6.07) is 4.58. The van der Waals surface area contributed by atoms with Crippen LogP contribution in [0, 0.1) is 0 Å². The summed E-state index contributed by atoms with van der Waals surface area (Å²) in [6.07, 6.45) is 0. The summed E-state index contributed by atoms with van der Waals surface area (Å²) in [6.45, 7) is 4.68. The van der Waals surface area contributed by atoms with Gasteiger partial charge in [0.25, 0.3) is 0 Å². The molecule has 0 unspecified atom stereocenters. The van der Waals surface area contributed by atoms with E-state index in [0.717, 1.165) is 0 Å². The van der Waals surface area contributed by atoms with E-state index in [1.54, 1.807) is 6.07 Å². The minimum Gasteiger partial charge on any atom is -0.490 e. The highest BCUT2D eigenvalue weighted by atomic mass is 32.2. The van der Waals surface area contributed by atoms with Gasteiger partial charge in [-0.15, -0.1) is 0 Å². The Morgan fingerprint density at radius 2 is 1.67 bits per heavy atom. The van der Waals surface area contributed by atoms with E-state index in [-0.39, 0.29) is 4.90 Å². The molecule has 1 aromatic rings. The van der Waals surface area contributed by atoms with Crippen LogP contribution in [0.15, 0.2) is 23.1 Å². The molecule has 4 nitrogen and oxygen atoms in total. The molecule has 1 rings (SSSR count). The monoisotopic (exact) mass is 230 g/mol. The number of hydrogen-bond acceptors (Lipinski definition) is 4. The van der Waals surface area contributed by atoms with Crippen molar-refractivity contribution in [2.45, 2.75) is 18.7 Å². The van der Waals surface area contributed by atoms with Crippen LogP contribution >= 0.6 is 0 Å². The standard InChI is InChI=1S/C10H14O4S/c1-3-13-9-6-5-8(15(11)12)7-10(9)14-4-2/h5-7,15H,3-4H2,1-2H3. The first kappa shape index (κ1) is 11.8. The topological polar surface area (TPSA) is 52.6 Å². The summed E-state index contributed by atoms with van der Waals surface area (Å²) in [5.41, 5.74) is 0. The average Bonchev–Trinajstić information content (AvgIpc) is 2.21. The summed E-state index contributed by atoms with van der Waals surface area (Å²) in [5.74, 6) is 1.04. The highest BCUT2D eigenvalue weighted by Gasteiger charge is 2.06. The van der Waals surface area contributed by atoms with Crippen molar-refractivity contribution < 1.29 is 17.9 Å². The summed E-state index contributed by atoms with van der Waals surface area (Å²) >= 11 is 0. The molecule has 0 radical (unpaired) electrons. The molecule has 0 saturated carbocycles. The van der Waals surface area contributed by atoms with Gasteiger partial charge >= 0.3 is 0 Å². The second kappa shape index (κ2) is 5.60. The van der Waals surface area contributed by atoms with Gasteiger partial charge in [0.05, 0.1) is 18.1 Å². The van der Waals surface area contributed by atoms with Crippen LogP contribution in [0.25, 0.3) is 0 Å². The van der Waals surface area contributed by atoms with Gasteiger partial charge < -0.3 is 9.47 Å². The fourth-order valence-electron chi connectivity index (χ4n) is 1.15. The molecule has 0 aliphatic heterocycles. The molecule has 0 spiro atoms. The van der Waals surface area contributed by atoms with Crippen LogP contribution < -0.4 is 9.47 Å². The molecular formula is C10H14O4S. The largest absolute Gasteiger partial charge is 0.490 e. The average molecular weight is 230 g/mol. The predicted octanol–water partition coefficient (Wildman–Crippen LogP) is 1.45. The Labute approximate surface area is 90.8 Å². The van der Waals surface area contributed by atoms with Crippen molar-refractivity contribution in [3.05, 3.63) is 18.2 Å². The summed E-state index contributed by atoms with van der Waals surface area (Å²) < 4.78 is 32.1. The zero-order valence-corrected chi connectivity index (χ0v) is 9.62. The lowest BCUT2D eigenvalue weighted by molar-refractivity contribution is 0.287. The summed E-state index contributed by atoms with van der Waals surface area (Å²) in [5, 5.41) is 0. The van der Waals surface area contributed by atoms with Crippen LogP contribution in [0.3, 0.4) is 0 Å². The van der Waals surface area contributed by atoms with Crippen LogP contribution in [-0.4, -0.2) is 21.6 Å². The molecule has 0 aromatic heterocycles. The second-order valence-electron chi connectivity index (χ2n) is 2.75. The molecule has 0 bridgehead atoms. The Kier molecular flexibility index (Phi) is 4.42. The molecule has 5 heteroatoms. The SMILES string of the molecule is CCOc1ccc([SH](=O)=O)cc1OCC. The maximum absolute atomic E-state index is 10.8. The Morgan fingerprint density at radius 1 is 1.07 bits per heavy atom. The van der Waals surface area contributed by atoms with Gasteiger partial charge in [-0.05, 0) is 26.0 Å². The number of ether oxygens (including phenoxy) is 2. The fourth-order valence-corrected chi connectivity index (χ4v) is 1.57. The second-order valence-corrected chi connectivity index (χ2v) is 3.78. The van der Waals surface area contributed by atoms with Crippen molar-refractivity contribution in [2.75, 3.05) is 13.2 Å². The van der Waals surface area contributed by atoms with E-state index in [2.05, 4.69) is 0 Å². The first-order valence-electron chi connectivity index (χ1n) is 4.73. The van der Waals surface area contributed by atoms with Gasteiger partial charge in [-0.25, -0.2) is 8.42 Å². The third kappa shape index (κ3) is 3.13. The van der Waals surface area contributed by atoms with Gasteiger partial charge in [0.2, 0.25) is 0 Å². The smallest absolute Gasteiger partial charge is 0.168 e. The van der Waals surface area contributed by atoms with E-state index < -0.39 is 10.7 Å². The minimum atomic E-state index is -2.58. The van der Waals surface area contributed by atoms with Crippen LogP contribution in [-0.2, 0) is 10.7 Å². The van der Waals surface area contributed by atoms with Crippen molar-refractivity contribution in [1.82, 2.24) is 0 Å². The fraction of sp³-hybridized carbons (Fsp3) is 0.400. The highest BCUT2D eigenvalue weighted by Crippen LogP contribution is 2.28. The first-order valence-corrected chi connectivity index (χ1v) is 5.90. The van der Waals surface area contributed by atoms with Crippen molar-refractivity contribution in [1.29, 1.82) is 0 Å². The summed E-state index contributed by atoms with van der Waals surface area (Å²) in [7, 11) is -2.58. The number of rotatable bonds is 5. The molecule has 0 fully saturated rings. The Hall–Kier alpha value is -1.23. The quantitative estimate of drug-likeness (QED) is 0.778. The molecule has 0 aliphatic rings. The lowest BCUT2D eigenvalue weighted by Gasteiger charge is -2.10. The molecule has 0 aliphatic carbocycles. The van der Waals surface area contributed by atoms with Crippen LogP contribution in [0.1, 0.15) is 13.8 Å². The first-order chi connectivity index (χ1) is 7.19. The van der Waals surface area contributed by atoms with Crippen LogP contribution in [0.2, 0.25) is 0 Å². The number of hydrogen-bond donors (Lipinski definition) is 1. The molecule has 0 amide bonds. The van der Waals surface area contributed by atoms with E-state index in [1.807, 2.05) is 13.8 Å². The zero-order valence-electron chi connectivity index (χ0n) is 8.73. The Morgan fingerprint density at radius 3 is 2.20 bits per heavy atom. The molecule has 84 valence electrons.